The molecule has 1 N–H and O–H groups in total. The molecule has 2 aliphatic rings. The molecule has 0 bridgehead atoms. The van der Waals surface area contributed by atoms with Gasteiger partial charge < -0.3 is 5.32 Å². The van der Waals surface area contributed by atoms with E-state index in [0.717, 1.165) is 0 Å². The average Bonchev–Trinajstić information content (AvgIpc) is 2.48. The van der Waals surface area contributed by atoms with Gasteiger partial charge in [0.2, 0.25) is 0 Å². The summed E-state index contributed by atoms with van der Waals surface area (Å²) in [5.74, 6) is -0.114. The third kappa shape index (κ3) is 1.47. The molecule has 0 aliphatic carbocycles. The van der Waals surface area contributed by atoms with Crippen molar-refractivity contribution >= 4 is 9.84 Å². The summed E-state index contributed by atoms with van der Waals surface area (Å²) in [4.78, 5) is 0. The van der Waals surface area contributed by atoms with E-state index in [1.165, 1.54) is 0 Å². The first-order chi connectivity index (χ1) is 6.80. The Balaban J connectivity index is 2.46. The number of halogens is 3. The number of nitrogens with one attached hydrogen (secondary N) is 1. The smallest absolute Gasteiger partial charge is 0.314 e. The van der Waals surface area contributed by atoms with Gasteiger partial charge in [-0.1, -0.05) is 0 Å². The second kappa shape index (κ2) is 3.10. The Morgan fingerprint density at radius 1 is 1.33 bits per heavy atom. The fraction of sp³-hybridized carbons (Fsp3) is 1.00. The van der Waals surface area contributed by atoms with E-state index in [4.69, 9.17) is 0 Å². The molecular formula is C8H12F3NO2S. The van der Waals surface area contributed by atoms with Crippen molar-refractivity contribution in [3.63, 3.8) is 0 Å². The normalized spacial score (nSPS) is 40.1. The number of rotatable bonds is 0. The van der Waals surface area contributed by atoms with Crippen molar-refractivity contribution in [2.45, 2.75) is 24.3 Å². The molecule has 0 aromatic carbocycles. The highest BCUT2D eigenvalue weighted by molar-refractivity contribution is 7.92. The van der Waals surface area contributed by atoms with E-state index in [0.29, 0.717) is 0 Å². The minimum Gasteiger partial charge on any atom is -0.314 e. The Labute approximate surface area is 86.0 Å². The summed E-state index contributed by atoms with van der Waals surface area (Å²) in [7, 11) is -3.58. The van der Waals surface area contributed by atoms with Gasteiger partial charge >= 0.3 is 6.18 Å². The third-order valence-electron chi connectivity index (χ3n) is 3.44. The van der Waals surface area contributed by atoms with Crippen molar-refractivity contribution in [2.75, 3.05) is 18.8 Å². The van der Waals surface area contributed by atoms with Gasteiger partial charge in [-0.25, -0.2) is 8.42 Å². The molecule has 0 radical (unpaired) electrons. The zero-order valence-corrected chi connectivity index (χ0v) is 8.79. The van der Waals surface area contributed by atoms with Crippen LogP contribution in [0.5, 0.6) is 0 Å². The van der Waals surface area contributed by atoms with Gasteiger partial charge in [-0.15, -0.1) is 0 Å². The standard InChI is InChI=1S/C8H12F3NO2S/c9-8(10,11)7-2-1-3-15(13,14)6(7)4-12-5-7/h6,12H,1-5H2/t6-,7-/m0/s1. The van der Waals surface area contributed by atoms with Gasteiger partial charge in [0.25, 0.3) is 0 Å². The predicted molar refractivity (Wildman–Crippen MR) is 48.2 cm³/mol. The van der Waals surface area contributed by atoms with Gasteiger partial charge in [-0.3, -0.25) is 0 Å². The van der Waals surface area contributed by atoms with E-state index < -0.39 is 26.7 Å². The Morgan fingerprint density at radius 2 is 2.00 bits per heavy atom. The predicted octanol–water partition coefficient (Wildman–Crippen LogP) is 0.716. The molecule has 2 heterocycles. The van der Waals surface area contributed by atoms with Crippen molar-refractivity contribution in [2.24, 2.45) is 5.41 Å². The Kier molecular flexibility index (Phi) is 2.31. The summed E-state index contributed by atoms with van der Waals surface area (Å²) in [5.41, 5.74) is -2.04. The Bertz CT molecular complexity index is 365. The van der Waals surface area contributed by atoms with Crippen LogP contribution in [0.3, 0.4) is 0 Å². The summed E-state index contributed by atoms with van der Waals surface area (Å²) in [5, 5.41) is 1.29. The molecule has 0 spiro atoms. The lowest BCUT2D eigenvalue weighted by Crippen LogP contribution is -2.53. The van der Waals surface area contributed by atoms with E-state index in [2.05, 4.69) is 5.32 Å². The zero-order chi connectivity index (χ0) is 11.3. The maximum absolute atomic E-state index is 12.9. The fourth-order valence-corrected chi connectivity index (χ4v) is 4.84. The summed E-state index contributed by atoms with van der Waals surface area (Å²) >= 11 is 0. The lowest BCUT2D eigenvalue weighted by atomic mass is 9.81. The first-order valence-electron chi connectivity index (χ1n) is 4.79. The third-order valence-corrected chi connectivity index (χ3v) is 5.78. The molecule has 2 fully saturated rings. The van der Waals surface area contributed by atoms with Crippen LogP contribution in [0.2, 0.25) is 0 Å². The van der Waals surface area contributed by atoms with Crippen LogP contribution in [0.25, 0.3) is 0 Å². The number of hydrogen-bond donors (Lipinski definition) is 1. The minimum atomic E-state index is -4.44. The largest absolute Gasteiger partial charge is 0.397 e. The molecule has 2 atom stereocenters. The SMILES string of the molecule is O=S1(=O)CCC[C@]2(C(F)(F)F)CNC[C@@H]21. The van der Waals surface area contributed by atoms with Crippen LogP contribution < -0.4 is 5.32 Å². The summed E-state index contributed by atoms with van der Waals surface area (Å²) in [6.07, 6.45) is -4.40. The van der Waals surface area contributed by atoms with Crippen molar-refractivity contribution < 1.29 is 21.6 Å². The molecule has 0 aromatic heterocycles. The fourth-order valence-electron chi connectivity index (χ4n) is 2.61. The van der Waals surface area contributed by atoms with E-state index in [-0.39, 0.29) is 31.7 Å². The first-order valence-corrected chi connectivity index (χ1v) is 6.50. The molecule has 0 saturated carbocycles. The molecule has 15 heavy (non-hydrogen) atoms. The number of fused-ring (bicyclic) bond motifs is 1. The van der Waals surface area contributed by atoms with Crippen molar-refractivity contribution in [1.29, 1.82) is 0 Å². The maximum Gasteiger partial charge on any atom is 0.397 e. The quantitative estimate of drug-likeness (QED) is 0.681. The van der Waals surface area contributed by atoms with E-state index in [9.17, 15) is 21.6 Å². The molecule has 0 unspecified atom stereocenters. The van der Waals surface area contributed by atoms with Crippen molar-refractivity contribution in [1.82, 2.24) is 5.32 Å². The van der Waals surface area contributed by atoms with Crippen LogP contribution in [0.1, 0.15) is 12.8 Å². The van der Waals surface area contributed by atoms with Crippen LogP contribution in [-0.2, 0) is 9.84 Å². The van der Waals surface area contributed by atoms with Gasteiger partial charge in [-0.2, -0.15) is 13.2 Å². The molecule has 3 nitrogen and oxygen atoms in total. The summed E-state index contributed by atoms with van der Waals surface area (Å²) in [6.45, 7) is -0.331. The molecule has 2 saturated heterocycles. The molecule has 2 rings (SSSR count). The van der Waals surface area contributed by atoms with Crippen LogP contribution in [0, 0.1) is 5.41 Å². The van der Waals surface area contributed by atoms with Gasteiger partial charge in [0, 0.05) is 13.1 Å². The van der Waals surface area contributed by atoms with Gasteiger partial charge in [0.15, 0.2) is 9.84 Å². The highest BCUT2D eigenvalue weighted by Gasteiger charge is 2.65. The van der Waals surface area contributed by atoms with Crippen LogP contribution in [0.15, 0.2) is 0 Å². The van der Waals surface area contributed by atoms with Gasteiger partial charge in [0.1, 0.15) is 0 Å². The highest BCUT2D eigenvalue weighted by atomic mass is 32.2. The van der Waals surface area contributed by atoms with Crippen LogP contribution >= 0.6 is 0 Å². The highest BCUT2D eigenvalue weighted by Crippen LogP contribution is 2.51. The molecule has 0 amide bonds. The molecule has 2 aliphatic heterocycles. The second-order valence-electron chi connectivity index (χ2n) is 4.24. The van der Waals surface area contributed by atoms with Crippen LogP contribution in [0.4, 0.5) is 13.2 Å². The number of hydrogen-bond acceptors (Lipinski definition) is 3. The van der Waals surface area contributed by atoms with Crippen LogP contribution in [-0.4, -0.2) is 38.7 Å². The summed E-state index contributed by atoms with van der Waals surface area (Å²) < 4.78 is 61.9. The lowest BCUT2D eigenvalue weighted by Gasteiger charge is -2.39. The number of sulfone groups is 1. The monoisotopic (exact) mass is 243 g/mol. The first kappa shape index (κ1) is 11.2. The Morgan fingerprint density at radius 3 is 2.53 bits per heavy atom. The number of alkyl halides is 3. The van der Waals surface area contributed by atoms with Gasteiger partial charge in [0.05, 0.1) is 16.4 Å². The molecule has 0 aromatic rings. The average molecular weight is 243 g/mol. The minimum absolute atomic E-state index is 0.0676. The zero-order valence-electron chi connectivity index (χ0n) is 7.97. The maximum atomic E-state index is 12.9. The van der Waals surface area contributed by atoms with Gasteiger partial charge in [-0.05, 0) is 12.8 Å². The van der Waals surface area contributed by atoms with Crippen molar-refractivity contribution in [3.05, 3.63) is 0 Å². The Hall–Kier alpha value is -0.300. The summed E-state index contributed by atoms with van der Waals surface area (Å²) in [6, 6.07) is 0. The molecular weight excluding hydrogens is 231 g/mol. The lowest BCUT2D eigenvalue weighted by molar-refractivity contribution is -0.219. The molecule has 7 heteroatoms. The van der Waals surface area contributed by atoms with E-state index >= 15 is 0 Å². The topological polar surface area (TPSA) is 46.2 Å². The second-order valence-corrected chi connectivity index (χ2v) is 6.55. The molecule has 88 valence electrons. The van der Waals surface area contributed by atoms with E-state index in [1.807, 2.05) is 0 Å². The van der Waals surface area contributed by atoms with Crippen molar-refractivity contribution in [3.8, 4) is 0 Å². The van der Waals surface area contributed by atoms with E-state index in [1.54, 1.807) is 0 Å².